The number of aliphatic hydroxyl groups excluding tert-OH is 2. The van der Waals surface area contributed by atoms with Gasteiger partial charge in [-0.2, -0.15) is 0 Å². The van der Waals surface area contributed by atoms with Crippen LogP contribution in [0.25, 0.3) is 0 Å². The molecule has 0 aromatic heterocycles. The van der Waals surface area contributed by atoms with Crippen molar-refractivity contribution < 1.29 is 34.3 Å². The van der Waals surface area contributed by atoms with E-state index in [1.165, 1.54) is 13.8 Å². The first-order chi connectivity index (χ1) is 8.28. The molecule has 0 aliphatic rings. The van der Waals surface area contributed by atoms with E-state index in [9.17, 15) is 9.59 Å². The van der Waals surface area contributed by atoms with Gasteiger partial charge in [0.25, 0.3) is 0 Å². The molecule has 0 spiro atoms. The molecule has 0 aliphatic carbocycles. The molecular formula is C11H16O7. The molecule has 0 saturated heterocycles. The highest BCUT2D eigenvalue weighted by Crippen LogP contribution is 2.15. The van der Waals surface area contributed by atoms with E-state index in [0.29, 0.717) is 0 Å². The highest BCUT2D eigenvalue weighted by Gasteiger charge is 2.38. The number of hydrogen-bond acceptors (Lipinski definition) is 7. The molecule has 102 valence electrons. The largest absolute Gasteiger partial charge is 0.421 e. The van der Waals surface area contributed by atoms with Gasteiger partial charge < -0.3 is 14.9 Å². The molecule has 18 heavy (non-hydrogen) atoms. The fourth-order valence-electron chi connectivity index (χ4n) is 0.625. The highest BCUT2D eigenvalue weighted by atomic mass is 17.2. The Bertz CT molecular complexity index is 354. The first-order valence-electron chi connectivity index (χ1n) is 4.94. The van der Waals surface area contributed by atoms with Gasteiger partial charge >= 0.3 is 17.7 Å². The molecule has 2 N–H and O–H groups in total. The second kappa shape index (κ2) is 6.90. The van der Waals surface area contributed by atoms with Crippen molar-refractivity contribution in [2.24, 2.45) is 0 Å². The number of rotatable bonds is 7. The zero-order valence-electron chi connectivity index (χ0n) is 10.3. The molecule has 0 amide bonds. The molecule has 0 atom stereocenters. The Balaban J connectivity index is 4.71. The van der Waals surface area contributed by atoms with Gasteiger partial charge in [0.2, 0.25) is 0 Å². The lowest BCUT2D eigenvalue weighted by atomic mass is 10.3. The number of esters is 1. The van der Waals surface area contributed by atoms with Crippen LogP contribution in [0, 0.1) is 0 Å². The van der Waals surface area contributed by atoms with E-state index in [1.807, 2.05) is 0 Å². The summed E-state index contributed by atoms with van der Waals surface area (Å²) >= 11 is 0. The minimum atomic E-state index is -2.18. The monoisotopic (exact) mass is 260 g/mol. The summed E-state index contributed by atoms with van der Waals surface area (Å²) in [6.45, 7) is 7.52. The summed E-state index contributed by atoms with van der Waals surface area (Å²) in [5.74, 6) is -4.02. The summed E-state index contributed by atoms with van der Waals surface area (Å²) in [7, 11) is 0. The van der Waals surface area contributed by atoms with Crippen LogP contribution in [-0.2, 0) is 24.1 Å². The summed E-state index contributed by atoms with van der Waals surface area (Å²) < 4.78 is 4.66. The standard InChI is InChI=1S/C11H16O7/c1-7(2)9(14)16-11(5-12,6-13)18-17-10(15)8(3)4/h12-13H,1,3,5-6H2,2,4H3. The van der Waals surface area contributed by atoms with Gasteiger partial charge in [-0.3, -0.25) is 4.89 Å². The van der Waals surface area contributed by atoms with Gasteiger partial charge in [-0.15, -0.1) is 4.89 Å². The van der Waals surface area contributed by atoms with Gasteiger partial charge in [-0.05, 0) is 13.8 Å². The quantitative estimate of drug-likeness (QED) is 0.215. The third-order valence-electron chi connectivity index (χ3n) is 1.73. The lowest BCUT2D eigenvalue weighted by molar-refractivity contribution is -0.404. The van der Waals surface area contributed by atoms with Gasteiger partial charge in [0, 0.05) is 11.1 Å². The topological polar surface area (TPSA) is 102 Å². The molecule has 0 heterocycles. The number of carbonyl (C=O) groups excluding carboxylic acids is 2. The predicted octanol–water partition coefficient (Wildman–Crippen LogP) is -0.163. The maximum absolute atomic E-state index is 11.3. The van der Waals surface area contributed by atoms with Gasteiger partial charge in [0.05, 0.1) is 0 Å². The van der Waals surface area contributed by atoms with Crippen molar-refractivity contribution in [3.8, 4) is 0 Å². The molecule has 0 aromatic carbocycles. The van der Waals surface area contributed by atoms with Crippen molar-refractivity contribution in [1.29, 1.82) is 0 Å². The maximum Gasteiger partial charge on any atom is 0.368 e. The Hall–Kier alpha value is -1.70. The Morgan fingerprint density at radius 3 is 1.83 bits per heavy atom. The summed E-state index contributed by atoms with van der Waals surface area (Å²) in [5.41, 5.74) is 0.0575. The van der Waals surface area contributed by atoms with Crippen molar-refractivity contribution in [3.05, 3.63) is 24.3 Å². The molecule has 0 fully saturated rings. The zero-order chi connectivity index (χ0) is 14.3. The van der Waals surface area contributed by atoms with E-state index in [-0.39, 0.29) is 11.1 Å². The number of ether oxygens (including phenoxy) is 1. The van der Waals surface area contributed by atoms with Crippen LogP contribution in [0.5, 0.6) is 0 Å². The minimum absolute atomic E-state index is 0.0242. The molecule has 0 unspecified atom stereocenters. The highest BCUT2D eigenvalue weighted by molar-refractivity contribution is 5.87. The molecule has 7 heteroatoms. The predicted molar refractivity (Wildman–Crippen MR) is 59.8 cm³/mol. The van der Waals surface area contributed by atoms with E-state index in [1.54, 1.807) is 0 Å². The number of aliphatic hydroxyl groups is 2. The van der Waals surface area contributed by atoms with E-state index < -0.39 is 30.9 Å². The van der Waals surface area contributed by atoms with Crippen molar-refractivity contribution in [2.45, 2.75) is 19.6 Å². The molecular weight excluding hydrogens is 244 g/mol. The SMILES string of the molecule is C=C(C)C(=O)OOC(CO)(CO)OC(=O)C(=C)C. The van der Waals surface area contributed by atoms with Gasteiger partial charge in [-0.1, -0.05) is 13.2 Å². The third kappa shape index (κ3) is 4.66. The van der Waals surface area contributed by atoms with E-state index in [0.717, 1.165) is 0 Å². The summed E-state index contributed by atoms with van der Waals surface area (Å²) in [5, 5.41) is 18.1. The average Bonchev–Trinajstić information content (AvgIpc) is 2.33. The smallest absolute Gasteiger partial charge is 0.368 e. The second-order valence-electron chi connectivity index (χ2n) is 3.63. The van der Waals surface area contributed by atoms with Crippen molar-refractivity contribution in [3.63, 3.8) is 0 Å². The first kappa shape index (κ1) is 16.3. The molecule has 0 radical (unpaired) electrons. The van der Waals surface area contributed by atoms with Crippen LogP contribution in [0.2, 0.25) is 0 Å². The van der Waals surface area contributed by atoms with Crippen molar-refractivity contribution in [2.75, 3.05) is 13.2 Å². The van der Waals surface area contributed by atoms with Gasteiger partial charge in [0.15, 0.2) is 0 Å². The lowest BCUT2D eigenvalue weighted by Gasteiger charge is -2.27. The van der Waals surface area contributed by atoms with Crippen molar-refractivity contribution >= 4 is 11.9 Å². The number of hydrogen-bond donors (Lipinski definition) is 2. The second-order valence-corrected chi connectivity index (χ2v) is 3.63. The zero-order valence-corrected chi connectivity index (χ0v) is 10.3. The van der Waals surface area contributed by atoms with Crippen LogP contribution in [-0.4, -0.2) is 41.2 Å². The summed E-state index contributed by atoms with van der Waals surface area (Å²) in [6, 6.07) is 0. The molecule has 0 bridgehead atoms. The normalized spacial score (nSPS) is 10.7. The minimum Gasteiger partial charge on any atom is -0.421 e. The summed E-state index contributed by atoms with van der Waals surface area (Å²) in [4.78, 5) is 31.1. The fraction of sp³-hybridized carbons (Fsp3) is 0.455. The van der Waals surface area contributed by atoms with Gasteiger partial charge in [-0.25, -0.2) is 9.59 Å². The molecule has 0 aliphatic heterocycles. The molecule has 0 aromatic rings. The van der Waals surface area contributed by atoms with Crippen LogP contribution in [0.15, 0.2) is 24.3 Å². The first-order valence-corrected chi connectivity index (χ1v) is 4.94. The van der Waals surface area contributed by atoms with Crippen LogP contribution < -0.4 is 0 Å². The maximum atomic E-state index is 11.3. The van der Waals surface area contributed by atoms with Crippen LogP contribution in [0.1, 0.15) is 13.8 Å². The Kier molecular flexibility index (Phi) is 6.24. The fourth-order valence-corrected chi connectivity index (χ4v) is 0.625. The Morgan fingerprint density at radius 2 is 1.50 bits per heavy atom. The number of carbonyl (C=O) groups is 2. The van der Waals surface area contributed by atoms with E-state index in [2.05, 4.69) is 27.7 Å². The third-order valence-corrected chi connectivity index (χ3v) is 1.73. The molecule has 0 saturated carbocycles. The lowest BCUT2D eigenvalue weighted by Crippen LogP contribution is -2.46. The van der Waals surface area contributed by atoms with E-state index in [4.69, 9.17) is 10.2 Å². The van der Waals surface area contributed by atoms with Gasteiger partial charge in [0.1, 0.15) is 13.2 Å². The average molecular weight is 260 g/mol. The van der Waals surface area contributed by atoms with E-state index >= 15 is 0 Å². The molecule has 0 rings (SSSR count). The van der Waals surface area contributed by atoms with Crippen LogP contribution >= 0.6 is 0 Å². The van der Waals surface area contributed by atoms with Crippen LogP contribution in [0.4, 0.5) is 0 Å². The van der Waals surface area contributed by atoms with Crippen molar-refractivity contribution in [1.82, 2.24) is 0 Å². The van der Waals surface area contributed by atoms with Crippen LogP contribution in [0.3, 0.4) is 0 Å². The summed E-state index contributed by atoms with van der Waals surface area (Å²) in [6.07, 6.45) is 0. The Morgan fingerprint density at radius 1 is 1.06 bits per heavy atom. The molecule has 7 nitrogen and oxygen atoms in total. The Labute approximate surface area is 104 Å².